The average molecular weight is 348 g/mol. The van der Waals surface area contributed by atoms with Crippen LogP contribution in [0.25, 0.3) is 0 Å². The lowest BCUT2D eigenvalue weighted by molar-refractivity contribution is -0.128. The Balaban J connectivity index is 1.63. The number of hydrogen-bond donors (Lipinski definition) is 1. The molecule has 4 atom stereocenters. The van der Waals surface area contributed by atoms with Gasteiger partial charge in [-0.2, -0.15) is 0 Å². The summed E-state index contributed by atoms with van der Waals surface area (Å²) >= 11 is 0. The van der Waals surface area contributed by atoms with E-state index < -0.39 is 0 Å². The van der Waals surface area contributed by atoms with Gasteiger partial charge in [-0.1, -0.05) is 0 Å². The quantitative estimate of drug-likeness (QED) is 0.913. The van der Waals surface area contributed by atoms with Crippen LogP contribution in [-0.2, 0) is 14.3 Å². The molecule has 0 saturated carbocycles. The van der Waals surface area contributed by atoms with Gasteiger partial charge in [0.2, 0.25) is 11.8 Å². The van der Waals surface area contributed by atoms with Crippen molar-refractivity contribution in [2.75, 3.05) is 11.4 Å². The van der Waals surface area contributed by atoms with Gasteiger partial charge >= 0.3 is 0 Å². The second kappa shape index (κ2) is 7.12. The highest BCUT2D eigenvalue weighted by molar-refractivity contribution is 6.00. The van der Waals surface area contributed by atoms with E-state index in [9.17, 15) is 14.0 Å². The topological polar surface area (TPSA) is 58.6 Å². The first-order chi connectivity index (χ1) is 11.8. The molecular weight excluding hydrogens is 323 g/mol. The Bertz CT molecular complexity index is 669. The highest BCUT2D eigenvalue weighted by Crippen LogP contribution is 2.27. The summed E-state index contributed by atoms with van der Waals surface area (Å²) in [5, 5.41) is 3.08. The number of halogens is 1. The van der Waals surface area contributed by atoms with E-state index in [0.29, 0.717) is 17.8 Å². The van der Waals surface area contributed by atoms with E-state index in [-0.39, 0.29) is 48.2 Å². The van der Waals surface area contributed by atoms with Crippen molar-refractivity contribution in [2.45, 2.75) is 58.3 Å². The molecule has 1 N–H and O–H groups in total. The minimum absolute atomic E-state index is 0.0824. The Hall–Kier alpha value is -1.95. The Labute approximate surface area is 147 Å². The van der Waals surface area contributed by atoms with Crippen LogP contribution >= 0.6 is 0 Å². The molecule has 5 nitrogen and oxygen atoms in total. The van der Waals surface area contributed by atoms with E-state index in [4.69, 9.17) is 4.74 Å². The van der Waals surface area contributed by atoms with Crippen LogP contribution in [0.4, 0.5) is 10.1 Å². The standard InChI is InChI=1S/C19H25FN2O3/c1-11-6-16(4-5-17(11)20)22-10-14(9-18(22)23)19(24)21-15-7-12(2)25-13(3)8-15/h4-6,12-15H,7-10H2,1-3H3,(H,21,24)/t12-,13+,14-,15?/m0/s1. The maximum absolute atomic E-state index is 13.4. The van der Waals surface area contributed by atoms with Crippen molar-refractivity contribution in [1.82, 2.24) is 5.32 Å². The smallest absolute Gasteiger partial charge is 0.227 e. The summed E-state index contributed by atoms with van der Waals surface area (Å²) in [5.74, 6) is -0.848. The highest BCUT2D eigenvalue weighted by Gasteiger charge is 2.36. The number of hydrogen-bond acceptors (Lipinski definition) is 3. The van der Waals surface area contributed by atoms with E-state index in [1.165, 1.54) is 6.07 Å². The average Bonchev–Trinajstić information content (AvgIpc) is 2.91. The zero-order valence-electron chi connectivity index (χ0n) is 14.9. The lowest BCUT2D eigenvalue weighted by Gasteiger charge is -2.33. The number of amides is 2. The third-order valence-electron chi connectivity index (χ3n) is 4.99. The van der Waals surface area contributed by atoms with Gasteiger partial charge in [0, 0.05) is 24.7 Å². The molecule has 0 spiro atoms. The molecule has 1 aromatic rings. The largest absolute Gasteiger partial charge is 0.375 e. The molecule has 3 rings (SSSR count). The van der Waals surface area contributed by atoms with Crippen molar-refractivity contribution in [2.24, 2.45) is 5.92 Å². The number of anilines is 1. The number of carbonyl (C=O) groups excluding carboxylic acids is 2. The highest BCUT2D eigenvalue weighted by atomic mass is 19.1. The lowest BCUT2D eigenvalue weighted by Crippen LogP contribution is -2.46. The van der Waals surface area contributed by atoms with Crippen LogP contribution < -0.4 is 10.2 Å². The van der Waals surface area contributed by atoms with Crippen molar-refractivity contribution in [3.8, 4) is 0 Å². The van der Waals surface area contributed by atoms with E-state index in [2.05, 4.69) is 5.32 Å². The molecule has 6 heteroatoms. The summed E-state index contributed by atoms with van der Waals surface area (Å²) in [6.07, 6.45) is 2.02. The number of rotatable bonds is 3. The predicted molar refractivity (Wildman–Crippen MR) is 92.8 cm³/mol. The molecule has 2 fully saturated rings. The Kier molecular flexibility index (Phi) is 5.08. The first-order valence-corrected chi connectivity index (χ1v) is 8.86. The molecule has 2 amide bonds. The second-order valence-corrected chi connectivity index (χ2v) is 7.27. The van der Waals surface area contributed by atoms with E-state index in [1.54, 1.807) is 24.0 Å². The number of nitrogens with one attached hydrogen (secondary N) is 1. The first kappa shape index (κ1) is 17.9. The fraction of sp³-hybridized carbons (Fsp3) is 0.579. The molecule has 0 radical (unpaired) electrons. The molecule has 1 aromatic carbocycles. The Morgan fingerprint density at radius 1 is 1.28 bits per heavy atom. The van der Waals surface area contributed by atoms with Gasteiger partial charge in [-0.15, -0.1) is 0 Å². The molecule has 2 saturated heterocycles. The molecule has 0 aliphatic carbocycles. The van der Waals surface area contributed by atoms with Crippen LogP contribution in [-0.4, -0.2) is 36.6 Å². The third kappa shape index (κ3) is 4.00. The molecule has 2 aliphatic heterocycles. The summed E-state index contributed by atoms with van der Waals surface area (Å²) in [6, 6.07) is 4.68. The molecule has 25 heavy (non-hydrogen) atoms. The van der Waals surface area contributed by atoms with Crippen molar-refractivity contribution in [1.29, 1.82) is 0 Å². The minimum Gasteiger partial charge on any atom is -0.375 e. The lowest BCUT2D eigenvalue weighted by atomic mass is 9.98. The minimum atomic E-state index is -0.369. The fourth-order valence-electron chi connectivity index (χ4n) is 3.77. The Morgan fingerprint density at radius 3 is 2.60 bits per heavy atom. The molecule has 0 bridgehead atoms. The van der Waals surface area contributed by atoms with Crippen LogP contribution in [0.15, 0.2) is 18.2 Å². The van der Waals surface area contributed by atoms with Gasteiger partial charge in [0.15, 0.2) is 0 Å². The first-order valence-electron chi connectivity index (χ1n) is 8.86. The summed E-state index contributed by atoms with van der Waals surface area (Å²) in [6.45, 7) is 6.01. The summed E-state index contributed by atoms with van der Waals surface area (Å²) in [4.78, 5) is 26.5. The van der Waals surface area contributed by atoms with Gasteiger partial charge in [0.1, 0.15) is 5.82 Å². The van der Waals surface area contributed by atoms with E-state index in [0.717, 1.165) is 12.8 Å². The molecule has 136 valence electrons. The van der Waals surface area contributed by atoms with Crippen molar-refractivity contribution in [3.05, 3.63) is 29.6 Å². The normalized spacial score (nSPS) is 29.8. The molecule has 2 heterocycles. The number of nitrogens with zero attached hydrogens (tertiary/aromatic N) is 1. The monoisotopic (exact) mass is 348 g/mol. The van der Waals surface area contributed by atoms with Gasteiger partial charge in [0.05, 0.1) is 18.1 Å². The van der Waals surface area contributed by atoms with Gasteiger partial charge in [-0.05, 0) is 57.4 Å². The SMILES string of the molecule is Cc1cc(N2C[C@@H](C(=O)NC3C[C@@H](C)O[C@@H](C)C3)CC2=O)ccc1F. The van der Waals surface area contributed by atoms with Gasteiger partial charge in [-0.25, -0.2) is 4.39 Å². The van der Waals surface area contributed by atoms with Crippen molar-refractivity contribution in [3.63, 3.8) is 0 Å². The van der Waals surface area contributed by atoms with E-state index in [1.807, 2.05) is 13.8 Å². The summed E-state index contributed by atoms with van der Waals surface area (Å²) < 4.78 is 19.1. The Morgan fingerprint density at radius 2 is 1.96 bits per heavy atom. The second-order valence-electron chi connectivity index (χ2n) is 7.27. The maximum Gasteiger partial charge on any atom is 0.227 e. The number of ether oxygens (including phenoxy) is 1. The number of aryl methyl sites for hydroxylation is 1. The van der Waals surface area contributed by atoms with Crippen LogP contribution in [0.2, 0.25) is 0 Å². The van der Waals surface area contributed by atoms with Crippen LogP contribution in [0, 0.1) is 18.7 Å². The zero-order valence-corrected chi connectivity index (χ0v) is 14.9. The summed E-state index contributed by atoms with van der Waals surface area (Å²) in [7, 11) is 0. The van der Waals surface area contributed by atoms with Crippen molar-refractivity contribution >= 4 is 17.5 Å². The van der Waals surface area contributed by atoms with Crippen LogP contribution in [0.1, 0.15) is 38.7 Å². The van der Waals surface area contributed by atoms with Gasteiger partial charge < -0.3 is 15.0 Å². The molecule has 0 aromatic heterocycles. The number of benzene rings is 1. The fourth-order valence-corrected chi connectivity index (χ4v) is 3.77. The van der Waals surface area contributed by atoms with Gasteiger partial charge in [0.25, 0.3) is 0 Å². The molecule has 1 unspecified atom stereocenters. The zero-order chi connectivity index (χ0) is 18.1. The van der Waals surface area contributed by atoms with Gasteiger partial charge in [-0.3, -0.25) is 9.59 Å². The number of carbonyl (C=O) groups is 2. The molecular formula is C19H25FN2O3. The predicted octanol–water partition coefficient (Wildman–Crippen LogP) is 2.56. The van der Waals surface area contributed by atoms with E-state index >= 15 is 0 Å². The van der Waals surface area contributed by atoms with Crippen molar-refractivity contribution < 1.29 is 18.7 Å². The van der Waals surface area contributed by atoms with Crippen LogP contribution in [0.5, 0.6) is 0 Å². The maximum atomic E-state index is 13.4. The van der Waals surface area contributed by atoms with Crippen LogP contribution in [0.3, 0.4) is 0 Å². The molecule has 2 aliphatic rings. The third-order valence-corrected chi connectivity index (χ3v) is 4.99. The summed E-state index contributed by atoms with van der Waals surface area (Å²) in [5.41, 5.74) is 1.14.